The number of halogens is 1. The predicted molar refractivity (Wildman–Crippen MR) is 58.0 cm³/mol. The topological polar surface area (TPSA) is 29.1 Å². The first kappa shape index (κ1) is 11.0. The summed E-state index contributed by atoms with van der Waals surface area (Å²) in [6.07, 6.45) is 4.84. The van der Waals surface area contributed by atoms with Crippen molar-refractivity contribution in [3.63, 3.8) is 0 Å². The lowest BCUT2D eigenvalue weighted by atomic mass is 10.1. The Morgan fingerprint density at radius 2 is 1.92 bits per heavy atom. The van der Waals surface area contributed by atoms with Crippen molar-refractivity contribution in [2.45, 2.75) is 50.4 Å². The summed E-state index contributed by atoms with van der Waals surface area (Å²) < 4.78 is 0. The fourth-order valence-electron chi connectivity index (χ4n) is 1.65. The molecular weight excluding hydrogens is 230 g/mol. The van der Waals surface area contributed by atoms with E-state index in [9.17, 15) is 4.79 Å². The molecule has 1 fully saturated rings. The van der Waals surface area contributed by atoms with Gasteiger partial charge in [-0.2, -0.15) is 0 Å². The van der Waals surface area contributed by atoms with Gasteiger partial charge in [-0.1, -0.05) is 42.6 Å². The van der Waals surface area contributed by atoms with E-state index in [0.29, 0.717) is 12.0 Å². The zero-order valence-corrected chi connectivity index (χ0v) is 9.93. The van der Waals surface area contributed by atoms with Crippen LogP contribution in [0.5, 0.6) is 0 Å². The first-order valence-electron chi connectivity index (χ1n) is 5.05. The van der Waals surface area contributed by atoms with Gasteiger partial charge in [-0.3, -0.25) is 4.79 Å². The SMILES string of the molecule is CC(C)[C@H](Br)C(=O)NC1CCCC1. The van der Waals surface area contributed by atoms with E-state index in [2.05, 4.69) is 21.2 Å². The molecule has 0 bridgehead atoms. The first-order chi connectivity index (χ1) is 6.11. The van der Waals surface area contributed by atoms with Crippen LogP contribution in [-0.4, -0.2) is 16.8 Å². The van der Waals surface area contributed by atoms with Crippen LogP contribution >= 0.6 is 15.9 Å². The van der Waals surface area contributed by atoms with Crippen molar-refractivity contribution in [2.24, 2.45) is 5.92 Å². The highest BCUT2D eigenvalue weighted by Crippen LogP contribution is 2.19. The number of rotatable bonds is 3. The van der Waals surface area contributed by atoms with E-state index in [1.165, 1.54) is 12.8 Å². The average molecular weight is 248 g/mol. The molecule has 1 amide bonds. The molecule has 3 heteroatoms. The van der Waals surface area contributed by atoms with Gasteiger partial charge in [-0.05, 0) is 18.8 Å². The molecular formula is C10H18BrNO. The summed E-state index contributed by atoms with van der Waals surface area (Å²) in [4.78, 5) is 11.5. The van der Waals surface area contributed by atoms with Gasteiger partial charge in [-0.15, -0.1) is 0 Å². The molecule has 0 aromatic rings. The van der Waals surface area contributed by atoms with Crippen LogP contribution in [0.1, 0.15) is 39.5 Å². The van der Waals surface area contributed by atoms with Gasteiger partial charge < -0.3 is 5.32 Å². The van der Waals surface area contributed by atoms with E-state index in [1.807, 2.05) is 13.8 Å². The first-order valence-corrected chi connectivity index (χ1v) is 5.97. The Kier molecular flexibility index (Phi) is 4.23. The second kappa shape index (κ2) is 4.99. The van der Waals surface area contributed by atoms with Crippen molar-refractivity contribution in [2.75, 3.05) is 0 Å². The maximum absolute atomic E-state index is 11.6. The van der Waals surface area contributed by atoms with Crippen molar-refractivity contribution in [3.05, 3.63) is 0 Å². The zero-order valence-electron chi connectivity index (χ0n) is 8.35. The summed E-state index contributed by atoms with van der Waals surface area (Å²) in [7, 11) is 0. The molecule has 1 rings (SSSR count). The number of hydrogen-bond donors (Lipinski definition) is 1. The summed E-state index contributed by atoms with van der Waals surface area (Å²) >= 11 is 3.40. The van der Waals surface area contributed by atoms with Gasteiger partial charge in [0.2, 0.25) is 5.91 Å². The van der Waals surface area contributed by atoms with Crippen LogP contribution in [-0.2, 0) is 4.79 Å². The molecule has 0 aromatic carbocycles. The third-order valence-electron chi connectivity index (χ3n) is 2.54. The number of nitrogens with one attached hydrogen (secondary N) is 1. The van der Waals surface area contributed by atoms with Crippen LogP contribution < -0.4 is 5.32 Å². The van der Waals surface area contributed by atoms with Gasteiger partial charge in [0.05, 0.1) is 4.83 Å². The van der Waals surface area contributed by atoms with E-state index >= 15 is 0 Å². The second-order valence-electron chi connectivity index (χ2n) is 4.14. The zero-order chi connectivity index (χ0) is 9.84. The molecule has 0 unspecified atom stereocenters. The summed E-state index contributed by atoms with van der Waals surface area (Å²) in [5, 5.41) is 3.07. The summed E-state index contributed by atoms with van der Waals surface area (Å²) in [6.45, 7) is 4.10. The molecule has 2 nitrogen and oxygen atoms in total. The molecule has 0 aliphatic heterocycles. The minimum absolute atomic E-state index is 0.0342. The van der Waals surface area contributed by atoms with Gasteiger partial charge in [0.25, 0.3) is 0 Å². The van der Waals surface area contributed by atoms with Gasteiger partial charge in [0, 0.05) is 6.04 Å². The van der Waals surface area contributed by atoms with E-state index in [1.54, 1.807) is 0 Å². The van der Waals surface area contributed by atoms with Crippen molar-refractivity contribution < 1.29 is 4.79 Å². The minimum atomic E-state index is -0.0342. The van der Waals surface area contributed by atoms with E-state index < -0.39 is 0 Å². The quantitative estimate of drug-likeness (QED) is 0.764. The van der Waals surface area contributed by atoms with Gasteiger partial charge >= 0.3 is 0 Å². The van der Waals surface area contributed by atoms with Crippen molar-refractivity contribution in [1.29, 1.82) is 0 Å². The van der Waals surface area contributed by atoms with Crippen molar-refractivity contribution in [3.8, 4) is 0 Å². The molecule has 1 aliphatic carbocycles. The fraction of sp³-hybridized carbons (Fsp3) is 0.900. The highest BCUT2D eigenvalue weighted by molar-refractivity contribution is 9.10. The number of hydrogen-bond acceptors (Lipinski definition) is 1. The van der Waals surface area contributed by atoms with Gasteiger partial charge in [-0.25, -0.2) is 0 Å². The lowest BCUT2D eigenvalue weighted by Gasteiger charge is -2.17. The average Bonchev–Trinajstić information content (AvgIpc) is 2.55. The molecule has 0 aromatic heterocycles. The molecule has 1 atom stereocenters. The van der Waals surface area contributed by atoms with Crippen LogP contribution in [0.25, 0.3) is 0 Å². The molecule has 0 heterocycles. The Bertz CT molecular complexity index is 176. The molecule has 13 heavy (non-hydrogen) atoms. The van der Waals surface area contributed by atoms with Crippen molar-refractivity contribution >= 4 is 21.8 Å². The Labute approximate surface area is 88.6 Å². The standard InChI is InChI=1S/C10H18BrNO/c1-7(2)9(11)10(13)12-8-5-3-4-6-8/h7-9H,3-6H2,1-2H3,(H,12,13)/t9-/m0/s1. The van der Waals surface area contributed by atoms with Crippen LogP contribution in [0.3, 0.4) is 0 Å². The molecule has 1 saturated carbocycles. The molecule has 0 spiro atoms. The third-order valence-corrected chi connectivity index (χ3v) is 4.01. The fourth-order valence-corrected chi connectivity index (χ4v) is 1.79. The predicted octanol–water partition coefficient (Wildman–Crippen LogP) is 2.46. The Morgan fingerprint density at radius 3 is 2.38 bits per heavy atom. The Hall–Kier alpha value is -0.0500. The van der Waals surface area contributed by atoms with Crippen LogP contribution in [0.4, 0.5) is 0 Å². The normalized spacial score (nSPS) is 20.6. The smallest absolute Gasteiger partial charge is 0.234 e. The molecule has 1 N–H and O–H groups in total. The summed E-state index contributed by atoms with van der Waals surface area (Å²) in [6, 6.07) is 0.436. The number of carbonyl (C=O) groups is 1. The maximum Gasteiger partial charge on any atom is 0.234 e. The molecule has 76 valence electrons. The Balaban J connectivity index is 2.31. The van der Waals surface area contributed by atoms with Gasteiger partial charge in [0.1, 0.15) is 0 Å². The lowest BCUT2D eigenvalue weighted by molar-refractivity contribution is -0.121. The van der Waals surface area contributed by atoms with Crippen LogP contribution in [0.15, 0.2) is 0 Å². The van der Waals surface area contributed by atoms with Crippen LogP contribution in [0.2, 0.25) is 0 Å². The Morgan fingerprint density at radius 1 is 1.38 bits per heavy atom. The van der Waals surface area contributed by atoms with E-state index in [0.717, 1.165) is 12.8 Å². The maximum atomic E-state index is 11.6. The lowest BCUT2D eigenvalue weighted by Crippen LogP contribution is -2.39. The van der Waals surface area contributed by atoms with Crippen LogP contribution in [0, 0.1) is 5.92 Å². The molecule has 1 aliphatic rings. The minimum Gasteiger partial charge on any atom is -0.352 e. The highest BCUT2D eigenvalue weighted by atomic mass is 79.9. The van der Waals surface area contributed by atoms with E-state index in [-0.39, 0.29) is 10.7 Å². The van der Waals surface area contributed by atoms with E-state index in [4.69, 9.17) is 0 Å². The second-order valence-corrected chi connectivity index (χ2v) is 5.12. The number of alkyl halides is 1. The van der Waals surface area contributed by atoms with Gasteiger partial charge in [0.15, 0.2) is 0 Å². The highest BCUT2D eigenvalue weighted by Gasteiger charge is 2.23. The molecule has 0 saturated heterocycles. The third kappa shape index (κ3) is 3.29. The largest absolute Gasteiger partial charge is 0.352 e. The number of carbonyl (C=O) groups excluding carboxylic acids is 1. The number of amides is 1. The summed E-state index contributed by atoms with van der Waals surface area (Å²) in [5.74, 6) is 0.517. The molecule has 0 radical (unpaired) electrons. The monoisotopic (exact) mass is 247 g/mol. The van der Waals surface area contributed by atoms with Crippen molar-refractivity contribution in [1.82, 2.24) is 5.32 Å². The summed E-state index contributed by atoms with van der Waals surface area (Å²) in [5.41, 5.74) is 0.